The van der Waals surface area contributed by atoms with Crippen LogP contribution in [0.5, 0.6) is 0 Å². The molecule has 152 valence electrons. The van der Waals surface area contributed by atoms with Gasteiger partial charge in [0.05, 0.1) is 11.6 Å². The van der Waals surface area contributed by atoms with Crippen molar-refractivity contribution in [3.63, 3.8) is 0 Å². The largest absolute Gasteiger partial charge is 0.373 e. The highest BCUT2D eigenvalue weighted by molar-refractivity contribution is 6.12. The number of fused-ring (bicyclic) bond motifs is 4. The predicted molar refractivity (Wildman–Crippen MR) is 124 cm³/mol. The monoisotopic (exact) mass is 396 g/mol. The van der Waals surface area contributed by atoms with Gasteiger partial charge in [0.15, 0.2) is 5.78 Å². The smallest absolute Gasteiger partial charge is 0.162 e. The lowest BCUT2D eigenvalue weighted by Gasteiger charge is -2.40. The van der Waals surface area contributed by atoms with E-state index in [2.05, 4.69) is 80.5 Å². The van der Waals surface area contributed by atoms with Crippen LogP contribution in [-0.2, 0) is 4.79 Å². The summed E-state index contributed by atoms with van der Waals surface area (Å²) in [5.74, 6) is 0.753. The van der Waals surface area contributed by atoms with Gasteiger partial charge in [0, 0.05) is 34.8 Å². The summed E-state index contributed by atoms with van der Waals surface area (Å²) >= 11 is 0. The number of allylic oxidation sites excluding steroid dienone is 1. The summed E-state index contributed by atoms with van der Waals surface area (Å²) in [6.07, 6.45) is 3.32. The molecule has 2 aromatic carbocycles. The van der Waals surface area contributed by atoms with E-state index in [1.54, 1.807) is 0 Å². The van der Waals surface area contributed by atoms with Gasteiger partial charge < -0.3 is 5.32 Å². The molecular weight excluding hydrogens is 368 g/mol. The third kappa shape index (κ3) is 3.04. The summed E-state index contributed by atoms with van der Waals surface area (Å²) in [6.45, 7) is 8.81. The van der Waals surface area contributed by atoms with Crippen LogP contribution in [0.4, 0.5) is 5.69 Å². The maximum Gasteiger partial charge on any atom is 0.162 e. The molecule has 1 aliphatic heterocycles. The van der Waals surface area contributed by atoms with Crippen molar-refractivity contribution < 1.29 is 4.79 Å². The second-order valence-electron chi connectivity index (χ2n) is 9.79. The second kappa shape index (κ2) is 6.80. The van der Waals surface area contributed by atoms with Crippen LogP contribution in [0.15, 0.2) is 60.3 Å². The molecule has 5 rings (SSSR count). The van der Waals surface area contributed by atoms with E-state index in [1.807, 2.05) is 12.3 Å². The fraction of sp³-hybridized carbons (Fsp3) is 0.333. The molecule has 2 aliphatic rings. The first-order valence-corrected chi connectivity index (χ1v) is 10.8. The number of Topliss-reactive ketones (excluding diaryl/α,β-unsaturated/α-hetero) is 1. The van der Waals surface area contributed by atoms with E-state index in [0.29, 0.717) is 12.3 Å². The summed E-state index contributed by atoms with van der Waals surface area (Å²) in [7, 11) is 0. The third-order valence-corrected chi connectivity index (χ3v) is 6.53. The summed E-state index contributed by atoms with van der Waals surface area (Å²) in [5.41, 5.74) is 7.79. The van der Waals surface area contributed by atoms with Crippen LogP contribution in [0.25, 0.3) is 16.5 Å². The van der Waals surface area contributed by atoms with E-state index >= 15 is 0 Å². The minimum Gasteiger partial charge on any atom is -0.373 e. The van der Waals surface area contributed by atoms with Crippen LogP contribution in [0, 0.1) is 5.41 Å². The van der Waals surface area contributed by atoms with E-state index < -0.39 is 0 Å². The fourth-order valence-corrected chi connectivity index (χ4v) is 5.04. The molecule has 1 unspecified atom stereocenters. The number of anilines is 1. The van der Waals surface area contributed by atoms with Gasteiger partial charge in [-0.2, -0.15) is 0 Å². The number of aromatic nitrogens is 1. The molecule has 1 atom stereocenters. The first kappa shape index (κ1) is 19.0. The minimum absolute atomic E-state index is 0.0407. The van der Waals surface area contributed by atoms with Crippen LogP contribution in [0.1, 0.15) is 69.2 Å². The third-order valence-electron chi connectivity index (χ3n) is 6.53. The number of hydrogen-bond acceptors (Lipinski definition) is 3. The van der Waals surface area contributed by atoms with Gasteiger partial charge in [0.2, 0.25) is 0 Å². The van der Waals surface area contributed by atoms with Crippen LogP contribution < -0.4 is 5.32 Å². The van der Waals surface area contributed by atoms with Crippen molar-refractivity contribution in [2.45, 2.75) is 52.5 Å². The molecule has 3 nitrogen and oxygen atoms in total. The van der Waals surface area contributed by atoms with Gasteiger partial charge in [-0.15, -0.1) is 0 Å². The van der Waals surface area contributed by atoms with Crippen molar-refractivity contribution in [2.75, 3.05) is 5.32 Å². The molecule has 30 heavy (non-hydrogen) atoms. The van der Waals surface area contributed by atoms with Crippen LogP contribution >= 0.6 is 0 Å². The van der Waals surface area contributed by atoms with Crippen molar-refractivity contribution in [3.8, 4) is 0 Å². The summed E-state index contributed by atoms with van der Waals surface area (Å²) in [6, 6.07) is 16.9. The van der Waals surface area contributed by atoms with Gasteiger partial charge in [-0.3, -0.25) is 9.78 Å². The standard InChI is InChI=1S/C27H28N2O/c1-16(2)17-7-9-18(10-8-17)26-25-20(14-27(3,4)15-23(25)30)24-19-6-5-13-28-21(19)11-12-22(24)29-26/h5-13,16,26,29H,14-15H2,1-4H3. The number of nitrogens with one attached hydrogen (secondary N) is 1. The zero-order valence-corrected chi connectivity index (χ0v) is 18.1. The molecule has 1 aromatic heterocycles. The van der Waals surface area contributed by atoms with E-state index in [4.69, 9.17) is 0 Å². The van der Waals surface area contributed by atoms with Gasteiger partial charge in [-0.25, -0.2) is 0 Å². The highest BCUT2D eigenvalue weighted by Gasteiger charge is 2.40. The Morgan fingerprint density at radius 2 is 1.80 bits per heavy atom. The SMILES string of the molecule is CC(C)c1ccc(C2Nc3ccc4ncccc4c3C3=C2C(=O)CC(C)(C)C3)cc1. The maximum absolute atomic E-state index is 13.4. The molecule has 0 saturated heterocycles. The molecular formula is C27H28N2O. The van der Waals surface area contributed by atoms with Crippen molar-refractivity contribution in [3.05, 3.63) is 77.0 Å². The Kier molecular flexibility index (Phi) is 4.32. The molecule has 0 saturated carbocycles. The molecule has 1 aliphatic carbocycles. The fourth-order valence-electron chi connectivity index (χ4n) is 5.04. The number of pyridine rings is 1. The average molecular weight is 397 g/mol. The molecule has 0 bridgehead atoms. The lowest BCUT2D eigenvalue weighted by molar-refractivity contribution is -0.118. The number of carbonyl (C=O) groups is 1. The molecule has 2 heterocycles. The number of hydrogen-bond donors (Lipinski definition) is 1. The van der Waals surface area contributed by atoms with Crippen molar-refractivity contribution in [2.24, 2.45) is 5.41 Å². The van der Waals surface area contributed by atoms with E-state index in [0.717, 1.165) is 39.7 Å². The molecule has 0 amide bonds. The van der Waals surface area contributed by atoms with E-state index in [1.165, 1.54) is 11.1 Å². The van der Waals surface area contributed by atoms with Crippen molar-refractivity contribution >= 4 is 27.9 Å². The van der Waals surface area contributed by atoms with Crippen LogP contribution in [-0.4, -0.2) is 10.8 Å². The van der Waals surface area contributed by atoms with Crippen molar-refractivity contribution in [1.29, 1.82) is 0 Å². The lowest BCUT2D eigenvalue weighted by atomic mass is 9.68. The van der Waals surface area contributed by atoms with Gasteiger partial charge in [-0.05, 0) is 52.7 Å². The zero-order chi connectivity index (χ0) is 21.0. The highest BCUT2D eigenvalue weighted by Crippen LogP contribution is 2.51. The van der Waals surface area contributed by atoms with Crippen molar-refractivity contribution in [1.82, 2.24) is 4.98 Å². The topological polar surface area (TPSA) is 42.0 Å². The van der Waals surface area contributed by atoms with Gasteiger partial charge in [-0.1, -0.05) is 58.0 Å². The highest BCUT2D eigenvalue weighted by atomic mass is 16.1. The number of ketones is 1. The molecule has 0 radical (unpaired) electrons. The Morgan fingerprint density at radius 3 is 2.53 bits per heavy atom. The Bertz CT molecular complexity index is 1190. The van der Waals surface area contributed by atoms with Gasteiger partial charge in [0.25, 0.3) is 0 Å². The Hall–Kier alpha value is -2.94. The molecule has 3 heteroatoms. The maximum atomic E-state index is 13.4. The molecule has 0 spiro atoms. The lowest BCUT2D eigenvalue weighted by Crippen LogP contribution is -2.33. The Labute approximate surface area is 178 Å². The van der Waals surface area contributed by atoms with Gasteiger partial charge >= 0.3 is 0 Å². The normalized spacial score (nSPS) is 20.2. The average Bonchev–Trinajstić information content (AvgIpc) is 2.72. The summed E-state index contributed by atoms with van der Waals surface area (Å²) < 4.78 is 0. The number of benzene rings is 2. The van der Waals surface area contributed by atoms with Gasteiger partial charge in [0.1, 0.15) is 0 Å². The predicted octanol–water partition coefficient (Wildman–Crippen LogP) is 6.67. The summed E-state index contributed by atoms with van der Waals surface area (Å²) in [5, 5.41) is 4.82. The summed E-state index contributed by atoms with van der Waals surface area (Å²) in [4.78, 5) is 18.0. The molecule has 3 aromatic rings. The first-order chi connectivity index (χ1) is 14.3. The van der Waals surface area contributed by atoms with E-state index in [-0.39, 0.29) is 17.2 Å². The Balaban J connectivity index is 1.73. The van der Waals surface area contributed by atoms with Crippen LogP contribution in [0.2, 0.25) is 0 Å². The first-order valence-electron chi connectivity index (χ1n) is 10.8. The number of rotatable bonds is 2. The second-order valence-corrected chi connectivity index (χ2v) is 9.79. The van der Waals surface area contributed by atoms with E-state index in [9.17, 15) is 4.79 Å². The zero-order valence-electron chi connectivity index (χ0n) is 18.1. The molecule has 1 N–H and O–H groups in total. The Morgan fingerprint density at radius 1 is 1.03 bits per heavy atom. The minimum atomic E-state index is -0.105. The number of carbonyl (C=O) groups excluding carboxylic acids is 1. The molecule has 0 fully saturated rings. The van der Waals surface area contributed by atoms with Crippen LogP contribution in [0.3, 0.4) is 0 Å². The quantitative estimate of drug-likeness (QED) is 0.526. The number of nitrogens with zero attached hydrogens (tertiary/aromatic N) is 1.